The van der Waals surface area contributed by atoms with E-state index < -0.39 is 0 Å². The van der Waals surface area contributed by atoms with Crippen molar-refractivity contribution in [2.24, 2.45) is 0 Å². The van der Waals surface area contributed by atoms with Gasteiger partial charge in [-0.2, -0.15) is 0 Å². The fourth-order valence-corrected chi connectivity index (χ4v) is 1.41. The van der Waals surface area contributed by atoms with Crippen LogP contribution in [-0.4, -0.2) is 17.7 Å². The molecular weight excluding hydrogens is 162 g/mol. The molecule has 0 aliphatic rings. The minimum absolute atomic E-state index is 0.333. The lowest BCUT2D eigenvalue weighted by Crippen LogP contribution is -2.27. The molecule has 0 aliphatic heterocycles. The summed E-state index contributed by atoms with van der Waals surface area (Å²) >= 11 is 0. The molecule has 0 spiro atoms. The molecule has 0 fully saturated rings. The highest BCUT2D eigenvalue weighted by atomic mass is 16.3. The maximum Gasteiger partial charge on any atom is 0.115 e. The van der Waals surface area contributed by atoms with E-state index in [0.29, 0.717) is 11.8 Å². The van der Waals surface area contributed by atoms with E-state index in [4.69, 9.17) is 5.11 Å². The fourth-order valence-electron chi connectivity index (χ4n) is 1.41. The van der Waals surface area contributed by atoms with E-state index in [1.807, 2.05) is 12.1 Å². The number of benzene rings is 1. The van der Waals surface area contributed by atoms with E-state index in [9.17, 15) is 0 Å². The predicted octanol–water partition coefficient (Wildman–Crippen LogP) is 1.93. The first-order valence-electron chi connectivity index (χ1n) is 4.73. The third-order valence-electron chi connectivity index (χ3n) is 2.03. The van der Waals surface area contributed by atoms with Crippen LogP contribution >= 0.6 is 0 Å². The van der Waals surface area contributed by atoms with Gasteiger partial charge in [-0.25, -0.2) is 0 Å². The Labute approximate surface area is 79.6 Å². The zero-order chi connectivity index (χ0) is 9.68. The van der Waals surface area contributed by atoms with Crippen molar-refractivity contribution in [2.45, 2.75) is 26.3 Å². The summed E-state index contributed by atoms with van der Waals surface area (Å²) < 4.78 is 0. The van der Waals surface area contributed by atoms with E-state index >= 15 is 0 Å². The van der Waals surface area contributed by atoms with Gasteiger partial charge in [0.1, 0.15) is 5.75 Å². The number of hydrogen-bond acceptors (Lipinski definition) is 2. The maximum atomic E-state index is 9.08. The van der Waals surface area contributed by atoms with Gasteiger partial charge in [0.05, 0.1) is 0 Å². The Balaban J connectivity index is 2.49. The third-order valence-corrected chi connectivity index (χ3v) is 2.03. The average Bonchev–Trinajstić information content (AvgIpc) is 2.09. The largest absolute Gasteiger partial charge is 0.508 e. The molecule has 0 aromatic heterocycles. The lowest BCUT2D eigenvalue weighted by Gasteiger charge is -2.11. The molecule has 2 heteroatoms. The van der Waals surface area contributed by atoms with E-state index in [1.54, 1.807) is 12.1 Å². The molecule has 1 rings (SSSR count). The standard InChI is InChI=1S/C11H17NO/c1-3-12-9(2)8-10-4-6-11(13)7-5-10/h4-7,9,12-13H,3,8H2,1-2H3/t9-/m0/s1. The molecule has 0 saturated heterocycles. The number of nitrogens with one attached hydrogen (secondary N) is 1. The summed E-state index contributed by atoms with van der Waals surface area (Å²) in [4.78, 5) is 0. The Morgan fingerprint density at radius 2 is 1.92 bits per heavy atom. The molecule has 0 unspecified atom stereocenters. The molecule has 1 aromatic rings. The summed E-state index contributed by atoms with van der Waals surface area (Å²) in [6, 6.07) is 7.88. The van der Waals surface area contributed by atoms with Crippen LogP contribution in [0.15, 0.2) is 24.3 Å². The number of aromatic hydroxyl groups is 1. The number of hydrogen-bond donors (Lipinski definition) is 2. The zero-order valence-corrected chi connectivity index (χ0v) is 8.25. The van der Waals surface area contributed by atoms with Crippen LogP contribution in [0.25, 0.3) is 0 Å². The molecule has 1 aromatic carbocycles. The Bertz CT molecular complexity index is 243. The van der Waals surface area contributed by atoms with Gasteiger partial charge in [0.2, 0.25) is 0 Å². The highest BCUT2D eigenvalue weighted by Crippen LogP contribution is 2.10. The van der Waals surface area contributed by atoms with Crippen molar-refractivity contribution >= 4 is 0 Å². The quantitative estimate of drug-likeness (QED) is 0.740. The summed E-state index contributed by atoms with van der Waals surface area (Å²) in [7, 11) is 0. The normalized spacial score (nSPS) is 12.8. The van der Waals surface area contributed by atoms with Crippen molar-refractivity contribution in [1.82, 2.24) is 5.32 Å². The minimum Gasteiger partial charge on any atom is -0.508 e. The first kappa shape index (κ1) is 10.1. The first-order chi connectivity index (χ1) is 6.22. The van der Waals surface area contributed by atoms with Crippen LogP contribution in [0.5, 0.6) is 5.75 Å². The molecule has 2 nitrogen and oxygen atoms in total. The van der Waals surface area contributed by atoms with Crippen LogP contribution in [0.2, 0.25) is 0 Å². The highest BCUT2D eigenvalue weighted by molar-refractivity contribution is 5.26. The second-order valence-electron chi connectivity index (χ2n) is 3.33. The van der Waals surface area contributed by atoms with Crippen molar-refractivity contribution in [3.8, 4) is 5.75 Å². The summed E-state index contributed by atoms with van der Waals surface area (Å²) in [5.74, 6) is 0.333. The number of rotatable bonds is 4. The second kappa shape index (κ2) is 4.87. The van der Waals surface area contributed by atoms with Gasteiger partial charge in [0.25, 0.3) is 0 Å². The smallest absolute Gasteiger partial charge is 0.115 e. The van der Waals surface area contributed by atoms with E-state index in [-0.39, 0.29) is 0 Å². The van der Waals surface area contributed by atoms with Gasteiger partial charge in [-0.3, -0.25) is 0 Å². The summed E-state index contributed by atoms with van der Waals surface area (Å²) in [5.41, 5.74) is 1.26. The maximum absolute atomic E-state index is 9.08. The Morgan fingerprint density at radius 1 is 1.31 bits per heavy atom. The molecular formula is C11H17NO. The molecule has 0 radical (unpaired) electrons. The molecule has 0 saturated carbocycles. The SMILES string of the molecule is CCN[C@@H](C)Cc1ccc(O)cc1. The van der Waals surface area contributed by atoms with E-state index in [2.05, 4.69) is 19.2 Å². The lowest BCUT2D eigenvalue weighted by atomic mass is 10.1. The van der Waals surface area contributed by atoms with Crippen molar-refractivity contribution in [3.05, 3.63) is 29.8 Å². The minimum atomic E-state index is 0.333. The van der Waals surface area contributed by atoms with Gasteiger partial charge < -0.3 is 10.4 Å². The van der Waals surface area contributed by atoms with Crippen molar-refractivity contribution in [2.75, 3.05) is 6.54 Å². The van der Waals surface area contributed by atoms with E-state index in [0.717, 1.165) is 13.0 Å². The summed E-state index contributed by atoms with van der Waals surface area (Å²) in [6.45, 7) is 5.27. The Kier molecular flexibility index (Phi) is 3.77. The van der Waals surface area contributed by atoms with Crippen molar-refractivity contribution < 1.29 is 5.11 Å². The fraction of sp³-hybridized carbons (Fsp3) is 0.455. The van der Waals surface area contributed by atoms with Crippen LogP contribution in [0.3, 0.4) is 0 Å². The highest BCUT2D eigenvalue weighted by Gasteiger charge is 2.00. The van der Waals surface area contributed by atoms with Gasteiger partial charge in [-0.15, -0.1) is 0 Å². The second-order valence-corrected chi connectivity index (χ2v) is 3.33. The van der Waals surface area contributed by atoms with Gasteiger partial charge in [0.15, 0.2) is 0 Å². The van der Waals surface area contributed by atoms with Crippen molar-refractivity contribution in [3.63, 3.8) is 0 Å². The molecule has 0 heterocycles. The van der Waals surface area contributed by atoms with Crippen LogP contribution in [-0.2, 0) is 6.42 Å². The van der Waals surface area contributed by atoms with Crippen LogP contribution in [0, 0.1) is 0 Å². The van der Waals surface area contributed by atoms with Gasteiger partial charge in [-0.05, 0) is 37.6 Å². The molecule has 0 aliphatic carbocycles. The Hall–Kier alpha value is -1.02. The van der Waals surface area contributed by atoms with E-state index in [1.165, 1.54) is 5.56 Å². The van der Waals surface area contributed by atoms with Gasteiger partial charge >= 0.3 is 0 Å². The topological polar surface area (TPSA) is 32.3 Å². The molecule has 1 atom stereocenters. The Morgan fingerprint density at radius 3 is 2.46 bits per heavy atom. The lowest BCUT2D eigenvalue weighted by molar-refractivity contribution is 0.474. The molecule has 2 N–H and O–H groups in total. The van der Waals surface area contributed by atoms with Crippen molar-refractivity contribution in [1.29, 1.82) is 0 Å². The van der Waals surface area contributed by atoms with Crippen LogP contribution in [0.4, 0.5) is 0 Å². The summed E-state index contributed by atoms with van der Waals surface area (Å²) in [5, 5.41) is 12.4. The summed E-state index contributed by atoms with van der Waals surface area (Å²) in [6.07, 6.45) is 1.01. The zero-order valence-electron chi connectivity index (χ0n) is 8.25. The third kappa shape index (κ3) is 3.47. The molecule has 0 amide bonds. The molecule has 0 bridgehead atoms. The van der Waals surface area contributed by atoms with Crippen LogP contribution in [0.1, 0.15) is 19.4 Å². The number of phenolic OH excluding ortho intramolecular Hbond substituents is 1. The predicted molar refractivity (Wildman–Crippen MR) is 54.9 cm³/mol. The van der Waals surface area contributed by atoms with Gasteiger partial charge in [0, 0.05) is 6.04 Å². The average molecular weight is 179 g/mol. The molecule has 13 heavy (non-hydrogen) atoms. The monoisotopic (exact) mass is 179 g/mol. The van der Waals surface area contributed by atoms with Gasteiger partial charge in [-0.1, -0.05) is 19.1 Å². The first-order valence-corrected chi connectivity index (χ1v) is 4.73. The molecule has 72 valence electrons. The van der Waals surface area contributed by atoms with Crippen LogP contribution < -0.4 is 5.32 Å². The number of likely N-dealkylation sites (N-methyl/N-ethyl adjacent to an activating group) is 1. The number of phenols is 1.